The molecule has 0 spiro atoms. The van der Waals surface area contributed by atoms with Gasteiger partial charge in [0.05, 0.1) is 12.2 Å². The fourth-order valence-corrected chi connectivity index (χ4v) is 2.24. The molecule has 3 heterocycles. The topological polar surface area (TPSA) is 49.8 Å². The van der Waals surface area contributed by atoms with Gasteiger partial charge in [0.25, 0.3) is 0 Å². The predicted molar refractivity (Wildman–Crippen MR) is 71.2 cm³/mol. The summed E-state index contributed by atoms with van der Waals surface area (Å²) in [7, 11) is 0. The Hall–Kier alpha value is -1.94. The second kappa shape index (κ2) is 5.14. The summed E-state index contributed by atoms with van der Waals surface area (Å²) in [5, 5.41) is 6.76. The Balaban J connectivity index is 1.77. The third kappa shape index (κ3) is 2.33. The SMILES string of the molecule is c1ccc(CNc2nccc3c2CCNC3)nc1. The highest BCUT2D eigenvalue weighted by molar-refractivity contribution is 5.49. The molecule has 4 heteroatoms. The molecule has 92 valence electrons. The van der Waals surface area contributed by atoms with Gasteiger partial charge in [0.15, 0.2) is 0 Å². The van der Waals surface area contributed by atoms with E-state index in [4.69, 9.17) is 0 Å². The first-order valence-electron chi connectivity index (χ1n) is 6.25. The van der Waals surface area contributed by atoms with Crippen LogP contribution in [0.1, 0.15) is 16.8 Å². The maximum absolute atomic E-state index is 4.44. The van der Waals surface area contributed by atoms with E-state index in [0.717, 1.165) is 37.6 Å². The van der Waals surface area contributed by atoms with Crippen LogP contribution < -0.4 is 10.6 Å². The Labute approximate surface area is 106 Å². The lowest BCUT2D eigenvalue weighted by molar-refractivity contribution is 0.642. The van der Waals surface area contributed by atoms with Crippen LogP contribution >= 0.6 is 0 Å². The molecule has 0 atom stereocenters. The van der Waals surface area contributed by atoms with Crippen molar-refractivity contribution in [3.63, 3.8) is 0 Å². The highest BCUT2D eigenvalue weighted by Gasteiger charge is 2.13. The van der Waals surface area contributed by atoms with Gasteiger partial charge in [0, 0.05) is 24.5 Å². The number of hydrogen-bond acceptors (Lipinski definition) is 4. The summed E-state index contributed by atoms with van der Waals surface area (Å²) in [6, 6.07) is 8.04. The molecular formula is C14H16N4. The smallest absolute Gasteiger partial charge is 0.129 e. The molecule has 2 N–H and O–H groups in total. The van der Waals surface area contributed by atoms with E-state index >= 15 is 0 Å². The van der Waals surface area contributed by atoms with Crippen LogP contribution in [0.15, 0.2) is 36.7 Å². The number of anilines is 1. The molecular weight excluding hydrogens is 224 g/mol. The van der Waals surface area contributed by atoms with E-state index in [2.05, 4.69) is 26.7 Å². The van der Waals surface area contributed by atoms with Gasteiger partial charge in [-0.3, -0.25) is 4.98 Å². The van der Waals surface area contributed by atoms with Gasteiger partial charge < -0.3 is 10.6 Å². The Morgan fingerprint density at radius 2 is 2.17 bits per heavy atom. The van der Waals surface area contributed by atoms with Gasteiger partial charge in [-0.15, -0.1) is 0 Å². The average molecular weight is 240 g/mol. The van der Waals surface area contributed by atoms with Crippen molar-refractivity contribution in [2.45, 2.75) is 19.5 Å². The fraction of sp³-hybridized carbons (Fsp3) is 0.286. The molecule has 1 aliphatic heterocycles. The summed E-state index contributed by atoms with van der Waals surface area (Å²) in [5.41, 5.74) is 3.72. The monoisotopic (exact) mass is 240 g/mol. The van der Waals surface area contributed by atoms with Crippen LogP contribution in [0, 0.1) is 0 Å². The van der Waals surface area contributed by atoms with Crippen LogP contribution in [-0.2, 0) is 19.5 Å². The first-order chi connectivity index (χ1) is 8.93. The third-order valence-electron chi connectivity index (χ3n) is 3.18. The van der Waals surface area contributed by atoms with Crippen LogP contribution in [0.25, 0.3) is 0 Å². The lowest BCUT2D eigenvalue weighted by atomic mass is 10.0. The molecule has 0 unspecified atom stereocenters. The number of aromatic nitrogens is 2. The van der Waals surface area contributed by atoms with Crippen molar-refractivity contribution in [3.8, 4) is 0 Å². The first-order valence-corrected chi connectivity index (χ1v) is 6.25. The van der Waals surface area contributed by atoms with Crippen LogP contribution in [0.5, 0.6) is 0 Å². The minimum atomic E-state index is 0.720. The lowest BCUT2D eigenvalue weighted by Gasteiger charge is -2.19. The molecule has 18 heavy (non-hydrogen) atoms. The molecule has 0 bridgehead atoms. The summed E-state index contributed by atoms with van der Waals surface area (Å²) < 4.78 is 0. The van der Waals surface area contributed by atoms with E-state index in [1.54, 1.807) is 0 Å². The second-order valence-corrected chi connectivity index (χ2v) is 4.40. The largest absolute Gasteiger partial charge is 0.364 e. The minimum absolute atomic E-state index is 0.720. The van der Waals surface area contributed by atoms with Crippen molar-refractivity contribution in [2.24, 2.45) is 0 Å². The van der Waals surface area contributed by atoms with Gasteiger partial charge in [-0.1, -0.05) is 6.07 Å². The lowest BCUT2D eigenvalue weighted by Crippen LogP contribution is -2.25. The summed E-state index contributed by atoms with van der Waals surface area (Å²) in [6.07, 6.45) is 4.72. The van der Waals surface area contributed by atoms with E-state index in [9.17, 15) is 0 Å². The Morgan fingerprint density at radius 3 is 3.06 bits per heavy atom. The molecule has 2 aromatic rings. The quantitative estimate of drug-likeness (QED) is 0.858. The molecule has 4 nitrogen and oxygen atoms in total. The summed E-state index contributed by atoms with van der Waals surface area (Å²) >= 11 is 0. The predicted octanol–water partition coefficient (Wildman–Crippen LogP) is 1.73. The molecule has 2 aromatic heterocycles. The van der Waals surface area contributed by atoms with Gasteiger partial charge in [-0.2, -0.15) is 0 Å². The van der Waals surface area contributed by atoms with Crippen molar-refractivity contribution in [1.29, 1.82) is 0 Å². The number of nitrogens with one attached hydrogen (secondary N) is 2. The molecule has 3 rings (SSSR count). The van der Waals surface area contributed by atoms with E-state index in [0.29, 0.717) is 0 Å². The highest BCUT2D eigenvalue weighted by atomic mass is 15.0. The van der Waals surface area contributed by atoms with Crippen molar-refractivity contribution in [2.75, 3.05) is 11.9 Å². The Morgan fingerprint density at radius 1 is 1.17 bits per heavy atom. The van der Waals surface area contributed by atoms with Gasteiger partial charge in [0.1, 0.15) is 5.82 Å². The molecule has 0 aromatic carbocycles. The number of pyridine rings is 2. The second-order valence-electron chi connectivity index (χ2n) is 4.40. The third-order valence-corrected chi connectivity index (χ3v) is 3.18. The van der Waals surface area contributed by atoms with E-state index in [1.165, 1.54) is 11.1 Å². The van der Waals surface area contributed by atoms with Gasteiger partial charge >= 0.3 is 0 Å². The fourth-order valence-electron chi connectivity index (χ4n) is 2.24. The summed E-state index contributed by atoms with van der Waals surface area (Å²) in [6.45, 7) is 2.69. The van der Waals surface area contributed by atoms with E-state index in [-0.39, 0.29) is 0 Å². The zero-order chi connectivity index (χ0) is 12.2. The summed E-state index contributed by atoms with van der Waals surface area (Å²) in [4.78, 5) is 8.74. The van der Waals surface area contributed by atoms with Crippen LogP contribution in [0.2, 0.25) is 0 Å². The van der Waals surface area contributed by atoms with Crippen molar-refractivity contribution < 1.29 is 0 Å². The van der Waals surface area contributed by atoms with Crippen molar-refractivity contribution in [3.05, 3.63) is 53.5 Å². The van der Waals surface area contributed by atoms with Gasteiger partial charge in [-0.05, 0) is 36.7 Å². The maximum Gasteiger partial charge on any atom is 0.129 e. The molecule has 0 amide bonds. The van der Waals surface area contributed by atoms with E-state index < -0.39 is 0 Å². The maximum atomic E-state index is 4.44. The van der Waals surface area contributed by atoms with Gasteiger partial charge in [0.2, 0.25) is 0 Å². The highest BCUT2D eigenvalue weighted by Crippen LogP contribution is 2.20. The Kier molecular flexibility index (Phi) is 3.19. The zero-order valence-electron chi connectivity index (χ0n) is 10.2. The molecule has 0 aliphatic carbocycles. The van der Waals surface area contributed by atoms with Crippen molar-refractivity contribution >= 4 is 5.82 Å². The standard InChI is InChI=1S/C14H16N4/c1-2-6-16-12(3-1)10-18-14-13-5-7-15-9-11(13)4-8-17-14/h1-4,6,8,15H,5,7,9-10H2,(H,17,18). The van der Waals surface area contributed by atoms with Crippen LogP contribution in [0.4, 0.5) is 5.82 Å². The minimum Gasteiger partial charge on any atom is -0.364 e. The molecule has 0 saturated heterocycles. The average Bonchev–Trinajstić information content (AvgIpc) is 2.46. The number of rotatable bonds is 3. The molecule has 0 saturated carbocycles. The van der Waals surface area contributed by atoms with Crippen molar-refractivity contribution in [1.82, 2.24) is 15.3 Å². The zero-order valence-corrected chi connectivity index (χ0v) is 10.2. The summed E-state index contributed by atoms with van der Waals surface area (Å²) in [5.74, 6) is 1.000. The Bertz CT molecular complexity index is 525. The molecule has 0 radical (unpaired) electrons. The van der Waals surface area contributed by atoms with Crippen LogP contribution in [-0.4, -0.2) is 16.5 Å². The molecule has 0 fully saturated rings. The number of nitrogens with zero attached hydrogens (tertiary/aromatic N) is 2. The normalized spacial score (nSPS) is 14.0. The number of hydrogen-bond donors (Lipinski definition) is 2. The van der Waals surface area contributed by atoms with E-state index in [1.807, 2.05) is 30.6 Å². The van der Waals surface area contributed by atoms with Crippen LogP contribution in [0.3, 0.4) is 0 Å². The first kappa shape index (κ1) is 11.2. The van der Waals surface area contributed by atoms with Gasteiger partial charge in [-0.25, -0.2) is 4.98 Å². The number of fused-ring (bicyclic) bond motifs is 1. The molecule has 1 aliphatic rings.